The van der Waals surface area contributed by atoms with Crippen molar-refractivity contribution < 1.29 is 0 Å². The number of aromatic nitrogens is 2. The van der Waals surface area contributed by atoms with Crippen molar-refractivity contribution >= 4 is 0 Å². The number of aryl methyl sites for hydroxylation is 2. The Bertz CT molecular complexity index is 304. The monoisotopic (exact) mass is 209 g/mol. The van der Waals surface area contributed by atoms with Crippen LogP contribution in [0.25, 0.3) is 0 Å². The van der Waals surface area contributed by atoms with Gasteiger partial charge in [0.1, 0.15) is 0 Å². The lowest BCUT2D eigenvalue weighted by Crippen LogP contribution is -2.21. The smallest absolute Gasteiger partial charge is 0.0625 e. The van der Waals surface area contributed by atoms with Crippen LogP contribution in [0.1, 0.15) is 51.0 Å². The van der Waals surface area contributed by atoms with Crippen molar-refractivity contribution in [3.05, 3.63) is 17.5 Å². The lowest BCUT2D eigenvalue weighted by atomic mass is 9.95. The van der Waals surface area contributed by atoms with E-state index in [9.17, 15) is 0 Å². The third-order valence-corrected chi connectivity index (χ3v) is 3.03. The first-order valence-corrected chi connectivity index (χ1v) is 5.88. The Kier molecular flexibility index (Phi) is 4.33. The summed E-state index contributed by atoms with van der Waals surface area (Å²) < 4.78 is 1.93. The van der Waals surface area contributed by atoms with E-state index in [1.165, 1.54) is 12.8 Å². The fourth-order valence-electron chi connectivity index (χ4n) is 1.95. The molecule has 2 N–H and O–H groups in total. The van der Waals surface area contributed by atoms with E-state index in [4.69, 9.17) is 5.73 Å². The zero-order chi connectivity index (χ0) is 11.4. The van der Waals surface area contributed by atoms with Crippen LogP contribution in [0.3, 0.4) is 0 Å². The van der Waals surface area contributed by atoms with Gasteiger partial charge in [0.2, 0.25) is 0 Å². The first-order valence-electron chi connectivity index (χ1n) is 5.88. The molecule has 0 bridgehead atoms. The molecule has 3 heteroatoms. The van der Waals surface area contributed by atoms with Gasteiger partial charge < -0.3 is 5.73 Å². The number of nitrogens with two attached hydrogens (primary N) is 1. The third kappa shape index (κ3) is 2.81. The molecule has 2 unspecified atom stereocenters. The molecule has 0 aliphatic heterocycles. The molecule has 0 saturated heterocycles. The third-order valence-electron chi connectivity index (χ3n) is 3.03. The van der Waals surface area contributed by atoms with E-state index in [0.717, 1.165) is 17.8 Å². The van der Waals surface area contributed by atoms with Gasteiger partial charge in [-0.2, -0.15) is 5.10 Å². The molecule has 86 valence electrons. The Balaban J connectivity index is 2.80. The highest BCUT2D eigenvalue weighted by molar-refractivity contribution is 5.14. The Morgan fingerprint density at radius 3 is 2.60 bits per heavy atom. The predicted molar refractivity (Wildman–Crippen MR) is 63.6 cm³/mol. The summed E-state index contributed by atoms with van der Waals surface area (Å²) in [5.74, 6) is 0.523. The zero-order valence-electron chi connectivity index (χ0n) is 10.3. The highest BCUT2D eigenvalue weighted by Gasteiger charge is 2.18. The summed E-state index contributed by atoms with van der Waals surface area (Å²) in [6, 6.07) is 2.25. The van der Waals surface area contributed by atoms with Gasteiger partial charge in [-0.25, -0.2) is 0 Å². The van der Waals surface area contributed by atoms with E-state index < -0.39 is 0 Å². The van der Waals surface area contributed by atoms with Crippen molar-refractivity contribution in [3.63, 3.8) is 0 Å². The quantitative estimate of drug-likeness (QED) is 0.809. The SMILES string of the molecule is CCCC(C)C(N)c1cc(CC)nn1C. The second-order valence-electron chi connectivity index (χ2n) is 4.33. The number of nitrogens with zero attached hydrogens (tertiary/aromatic N) is 2. The van der Waals surface area contributed by atoms with Gasteiger partial charge >= 0.3 is 0 Å². The van der Waals surface area contributed by atoms with Crippen LogP contribution < -0.4 is 5.73 Å². The number of rotatable bonds is 5. The normalized spacial score (nSPS) is 15.3. The van der Waals surface area contributed by atoms with Gasteiger partial charge in [-0.1, -0.05) is 27.2 Å². The first kappa shape index (κ1) is 12.2. The average molecular weight is 209 g/mol. The Morgan fingerprint density at radius 1 is 1.47 bits per heavy atom. The van der Waals surface area contributed by atoms with Gasteiger partial charge in [0.15, 0.2) is 0 Å². The Labute approximate surface area is 92.7 Å². The minimum atomic E-state index is 0.114. The van der Waals surface area contributed by atoms with Gasteiger partial charge in [0.25, 0.3) is 0 Å². The van der Waals surface area contributed by atoms with E-state index in [2.05, 4.69) is 31.9 Å². The van der Waals surface area contributed by atoms with Crippen molar-refractivity contribution in [3.8, 4) is 0 Å². The number of hydrogen-bond donors (Lipinski definition) is 1. The summed E-state index contributed by atoms with van der Waals surface area (Å²) in [6.45, 7) is 6.53. The maximum absolute atomic E-state index is 6.23. The van der Waals surface area contributed by atoms with E-state index in [1.807, 2.05) is 11.7 Å². The molecule has 0 amide bonds. The molecule has 0 radical (unpaired) electrons. The summed E-state index contributed by atoms with van der Waals surface area (Å²) >= 11 is 0. The molecule has 1 aromatic rings. The summed E-state index contributed by atoms with van der Waals surface area (Å²) in [5.41, 5.74) is 8.52. The fourth-order valence-corrected chi connectivity index (χ4v) is 1.95. The minimum Gasteiger partial charge on any atom is -0.322 e. The Hall–Kier alpha value is -0.830. The molecular formula is C12H23N3. The molecule has 1 heterocycles. The molecule has 15 heavy (non-hydrogen) atoms. The molecule has 0 fully saturated rings. The summed E-state index contributed by atoms with van der Waals surface area (Å²) in [5, 5.41) is 4.43. The number of hydrogen-bond acceptors (Lipinski definition) is 2. The van der Waals surface area contributed by atoms with Crippen molar-refractivity contribution in [2.75, 3.05) is 0 Å². The lowest BCUT2D eigenvalue weighted by Gasteiger charge is -2.19. The van der Waals surface area contributed by atoms with E-state index >= 15 is 0 Å². The maximum atomic E-state index is 6.23. The average Bonchev–Trinajstić information content (AvgIpc) is 2.59. The first-order chi connectivity index (χ1) is 7.10. The molecule has 0 aliphatic rings. The molecule has 0 spiro atoms. The minimum absolute atomic E-state index is 0.114. The van der Waals surface area contributed by atoms with Crippen molar-refractivity contribution in [2.45, 2.75) is 46.1 Å². The molecule has 0 aromatic carbocycles. The molecule has 3 nitrogen and oxygen atoms in total. The van der Waals surface area contributed by atoms with Crippen LogP contribution in [0.5, 0.6) is 0 Å². The van der Waals surface area contributed by atoms with Crippen LogP contribution in [-0.2, 0) is 13.5 Å². The van der Waals surface area contributed by atoms with Crippen LogP contribution in [0.15, 0.2) is 6.07 Å². The molecule has 0 saturated carbocycles. The van der Waals surface area contributed by atoms with Crippen LogP contribution in [-0.4, -0.2) is 9.78 Å². The van der Waals surface area contributed by atoms with Crippen LogP contribution >= 0.6 is 0 Å². The summed E-state index contributed by atoms with van der Waals surface area (Å²) in [6.07, 6.45) is 3.34. The van der Waals surface area contributed by atoms with Crippen molar-refractivity contribution in [1.82, 2.24) is 9.78 Å². The van der Waals surface area contributed by atoms with E-state index in [1.54, 1.807) is 0 Å². The van der Waals surface area contributed by atoms with Gasteiger partial charge in [-0.05, 0) is 24.8 Å². The van der Waals surface area contributed by atoms with Crippen molar-refractivity contribution in [1.29, 1.82) is 0 Å². The van der Waals surface area contributed by atoms with Gasteiger partial charge in [0, 0.05) is 13.1 Å². The largest absolute Gasteiger partial charge is 0.322 e. The molecule has 0 aliphatic carbocycles. The standard InChI is InChI=1S/C12H23N3/c1-5-7-9(3)12(13)11-8-10(6-2)14-15(11)4/h8-9,12H,5-7,13H2,1-4H3. The molecule has 1 rings (SSSR count). The van der Waals surface area contributed by atoms with Gasteiger partial charge in [0.05, 0.1) is 11.4 Å². The molecule has 2 atom stereocenters. The van der Waals surface area contributed by atoms with E-state index in [0.29, 0.717) is 5.92 Å². The lowest BCUT2D eigenvalue weighted by molar-refractivity contribution is 0.414. The van der Waals surface area contributed by atoms with Crippen molar-refractivity contribution in [2.24, 2.45) is 18.7 Å². The van der Waals surface area contributed by atoms with Crippen LogP contribution in [0.2, 0.25) is 0 Å². The Morgan fingerprint density at radius 2 is 2.13 bits per heavy atom. The summed E-state index contributed by atoms with van der Waals surface area (Å²) in [7, 11) is 1.98. The highest BCUT2D eigenvalue weighted by Crippen LogP contribution is 2.23. The molecule has 1 aromatic heterocycles. The van der Waals surface area contributed by atoms with Crippen LogP contribution in [0.4, 0.5) is 0 Å². The van der Waals surface area contributed by atoms with Gasteiger partial charge in [-0.15, -0.1) is 0 Å². The predicted octanol–water partition coefficient (Wildman–Crippen LogP) is 2.42. The van der Waals surface area contributed by atoms with E-state index in [-0.39, 0.29) is 6.04 Å². The second-order valence-corrected chi connectivity index (χ2v) is 4.33. The maximum Gasteiger partial charge on any atom is 0.0625 e. The molecular weight excluding hydrogens is 186 g/mol. The fraction of sp³-hybridized carbons (Fsp3) is 0.750. The second kappa shape index (κ2) is 5.31. The zero-order valence-corrected chi connectivity index (χ0v) is 10.3. The topological polar surface area (TPSA) is 43.8 Å². The van der Waals surface area contributed by atoms with Gasteiger partial charge in [-0.3, -0.25) is 4.68 Å². The van der Waals surface area contributed by atoms with Crippen LogP contribution in [0, 0.1) is 5.92 Å². The highest BCUT2D eigenvalue weighted by atomic mass is 15.3. The summed E-state index contributed by atoms with van der Waals surface area (Å²) in [4.78, 5) is 0.